The Bertz CT molecular complexity index is 363. The average molecular weight is 172 g/mol. The van der Waals surface area contributed by atoms with E-state index in [-0.39, 0.29) is 0 Å². The molecule has 0 aromatic heterocycles. The van der Waals surface area contributed by atoms with Crippen LogP contribution >= 0.6 is 0 Å². The fraction of sp³-hybridized carbons (Fsp3) is 0.273. The third-order valence-corrected chi connectivity index (χ3v) is 2.52. The number of benzene rings is 1. The maximum Gasteiger partial charge on any atom is 0.0991 e. The highest BCUT2D eigenvalue weighted by atomic mass is 15.1. The van der Waals surface area contributed by atoms with Gasteiger partial charge in [-0.25, -0.2) is 0 Å². The van der Waals surface area contributed by atoms with Crippen LogP contribution in [0, 0.1) is 18.4 Å². The highest BCUT2D eigenvalue weighted by molar-refractivity contribution is 5.38. The number of fused-ring (bicyclic) bond motifs is 1. The second kappa shape index (κ2) is 3.20. The van der Waals surface area contributed by atoms with E-state index < -0.39 is 0 Å². The second-order valence-electron chi connectivity index (χ2n) is 3.52. The average Bonchev–Trinajstić information content (AvgIpc) is 2.17. The molecule has 1 heterocycles. The quantitative estimate of drug-likeness (QED) is 0.560. The molecular weight excluding hydrogens is 160 g/mol. The van der Waals surface area contributed by atoms with Crippen LogP contribution in [0.1, 0.15) is 16.7 Å². The van der Waals surface area contributed by atoms with E-state index in [4.69, 9.17) is 5.26 Å². The number of nitrogens with one attached hydrogen (secondary N) is 1. The molecule has 1 unspecified atom stereocenters. The van der Waals surface area contributed by atoms with Crippen LogP contribution in [0.5, 0.6) is 0 Å². The van der Waals surface area contributed by atoms with E-state index in [0.29, 0.717) is 0 Å². The minimum atomic E-state index is 0.770. The molecule has 0 saturated heterocycles. The third-order valence-electron chi connectivity index (χ3n) is 2.52. The molecule has 0 saturated carbocycles. The molecule has 2 heteroatoms. The van der Waals surface area contributed by atoms with Crippen LogP contribution in [0.2, 0.25) is 0 Å². The van der Waals surface area contributed by atoms with Crippen molar-refractivity contribution in [3.8, 4) is 6.07 Å². The van der Waals surface area contributed by atoms with Gasteiger partial charge in [-0.3, -0.25) is 0 Å². The van der Waals surface area contributed by atoms with Crippen LogP contribution in [0.25, 0.3) is 0 Å². The summed E-state index contributed by atoms with van der Waals surface area (Å²) in [6, 6.07) is 8.11. The zero-order valence-corrected chi connectivity index (χ0v) is 7.51. The number of nitrogens with zero attached hydrogens (tertiary/aromatic N) is 1. The van der Waals surface area contributed by atoms with E-state index in [9.17, 15) is 0 Å². The van der Waals surface area contributed by atoms with Crippen molar-refractivity contribution in [3.63, 3.8) is 0 Å². The zero-order chi connectivity index (χ0) is 9.26. The van der Waals surface area contributed by atoms with E-state index in [1.54, 1.807) is 0 Å². The smallest absolute Gasteiger partial charge is 0.0991 e. The van der Waals surface area contributed by atoms with Gasteiger partial charge in [-0.2, -0.15) is 12.3 Å². The zero-order valence-electron chi connectivity index (χ0n) is 7.51. The lowest BCUT2D eigenvalue weighted by Gasteiger charge is -2.27. The SMILES string of the molecule is [CH2-][NH+]1CCc2cc(C#N)ccc2C1. The highest BCUT2D eigenvalue weighted by Crippen LogP contribution is 2.13. The van der Waals surface area contributed by atoms with Gasteiger partial charge in [-0.05, 0) is 17.7 Å². The molecule has 2 nitrogen and oxygen atoms in total. The summed E-state index contributed by atoms with van der Waals surface area (Å²) in [7, 11) is 3.99. The van der Waals surface area contributed by atoms with E-state index in [2.05, 4.69) is 19.2 Å². The Morgan fingerprint density at radius 1 is 1.38 bits per heavy atom. The molecule has 0 spiro atoms. The van der Waals surface area contributed by atoms with Crippen molar-refractivity contribution in [1.82, 2.24) is 0 Å². The molecule has 1 aromatic carbocycles. The van der Waals surface area contributed by atoms with Crippen LogP contribution in [0.3, 0.4) is 0 Å². The summed E-state index contributed by atoms with van der Waals surface area (Å²) in [5.41, 5.74) is 3.44. The van der Waals surface area contributed by atoms with Gasteiger partial charge < -0.3 is 4.90 Å². The minimum absolute atomic E-state index is 0.770. The number of hydrogen-bond acceptors (Lipinski definition) is 1. The Balaban J connectivity index is 2.38. The lowest BCUT2D eigenvalue weighted by Crippen LogP contribution is -3.06. The molecule has 1 N–H and O–H groups in total. The van der Waals surface area contributed by atoms with Crippen molar-refractivity contribution < 1.29 is 4.90 Å². The Hall–Kier alpha value is -1.33. The van der Waals surface area contributed by atoms with Crippen LogP contribution < -0.4 is 4.90 Å². The minimum Gasteiger partial charge on any atom is -0.464 e. The van der Waals surface area contributed by atoms with Gasteiger partial charge in [0.1, 0.15) is 0 Å². The highest BCUT2D eigenvalue weighted by Gasteiger charge is 2.12. The molecule has 66 valence electrons. The standard InChI is InChI=1S/C11H12N2/c1-13-5-4-10-6-9(7-12)2-3-11(10)8-13/h2-3,6,13H,1,4-5,8H2. The molecule has 13 heavy (non-hydrogen) atoms. The first-order valence-electron chi connectivity index (χ1n) is 4.48. The van der Waals surface area contributed by atoms with Gasteiger partial charge in [0.25, 0.3) is 0 Å². The second-order valence-corrected chi connectivity index (χ2v) is 3.52. The van der Waals surface area contributed by atoms with Crippen LogP contribution in [-0.4, -0.2) is 6.54 Å². The lowest BCUT2D eigenvalue weighted by atomic mass is 9.98. The molecule has 1 aromatic rings. The van der Waals surface area contributed by atoms with E-state index >= 15 is 0 Å². The molecule has 0 bridgehead atoms. The van der Waals surface area contributed by atoms with Crippen molar-refractivity contribution in [1.29, 1.82) is 5.26 Å². The molecule has 1 atom stereocenters. The lowest BCUT2D eigenvalue weighted by molar-refractivity contribution is -0.870. The molecular formula is C11H12N2. The number of nitriles is 1. The van der Waals surface area contributed by atoms with Gasteiger partial charge in [0, 0.05) is 12.0 Å². The predicted molar refractivity (Wildman–Crippen MR) is 49.8 cm³/mol. The van der Waals surface area contributed by atoms with Crippen molar-refractivity contribution in [2.75, 3.05) is 6.54 Å². The molecule has 1 aliphatic heterocycles. The van der Waals surface area contributed by atoms with Gasteiger partial charge in [-0.1, -0.05) is 6.07 Å². The van der Waals surface area contributed by atoms with Gasteiger partial charge in [0.15, 0.2) is 0 Å². The molecule has 0 fully saturated rings. The molecule has 2 rings (SSSR count). The van der Waals surface area contributed by atoms with Crippen molar-refractivity contribution >= 4 is 0 Å². The monoisotopic (exact) mass is 172 g/mol. The summed E-state index contributed by atoms with van der Waals surface area (Å²) < 4.78 is 0. The maximum atomic E-state index is 8.72. The summed E-state index contributed by atoms with van der Waals surface area (Å²) in [5.74, 6) is 0. The van der Waals surface area contributed by atoms with Crippen LogP contribution in [-0.2, 0) is 13.0 Å². The first kappa shape index (κ1) is 8.28. The maximum absolute atomic E-state index is 8.72. The Morgan fingerprint density at radius 2 is 2.23 bits per heavy atom. The molecule has 1 aliphatic rings. The fourth-order valence-electron chi connectivity index (χ4n) is 1.77. The van der Waals surface area contributed by atoms with Crippen LogP contribution in [0.15, 0.2) is 18.2 Å². The first-order valence-corrected chi connectivity index (χ1v) is 4.48. The summed E-state index contributed by atoms with van der Waals surface area (Å²) in [5, 5.41) is 8.72. The number of hydrogen-bond donors (Lipinski definition) is 1. The summed E-state index contributed by atoms with van der Waals surface area (Å²) in [6.45, 7) is 2.06. The van der Waals surface area contributed by atoms with E-state index in [1.807, 2.05) is 12.1 Å². The summed E-state index contributed by atoms with van der Waals surface area (Å²) in [6.07, 6.45) is 1.05. The Morgan fingerprint density at radius 3 is 3.00 bits per heavy atom. The third kappa shape index (κ3) is 1.56. The van der Waals surface area contributed by atoms with Crippen molar-refractivity contribution in [2.45, 2.75) is 13.0 Å². The Labute approximate surface area is 78.4 Å². The van der Waals surface area contributed by atoms with Crippen molar-refractivity contribution in [2.24, 2.45) is 0 Å². The van der Waals surface area contributed by atoms with Crippen LogP contribution in [0.4, 0.5) is 0 Å². The van der Waals surface area contributed by atoms with Gasteiger partial charge in [0.05, 0.1) is 24.7 Å². The fourth-order valence-corrected chi connectivity index (χ4v) is 1.77. The first-order chi connectivity index (χ1) is 6.29. The summed E-state index contributed by atoms with van der Waals surface area (Å²) in [4.78, 5) is 1.30. The Kier molecular flexibility index (Phi) is 2.03. The molecule has 0 amide bonds. The van der Waals surface area contributed by atoms with Crippen molar-refractivity contribution in [3.05, 3.63) is 41.9 Å². The van der Waals surface area contributed by atoms with Gasteiger partial charge in [-0.15, -0.1) is 0 Å². The number of rotatable bonds is 0. The van der Waals surface area contributed by atoms with Gasteiger partial charge >= 0.3 is 0 Å². The molecule has 0 aliphatic carbocycles. The normalized spacial score (nSPS) is 20.5. The van der Waals surface area contributed by atoms with Gasteiger partial charge in [0.2, 0.25) is 0 Å². The largest absolute Gasteiger partial charge is 0.464 e. The van der Waals surface area contributed by atoms with E-state index in [1.165, 1.54) is 16.0 Å². The molecule has 0 radical (unpaired) electrons. The predicted octanol–water partition coefficient (Wildman–Crippen LogP) is 0.291. The summed E-state index contributed by atoms with van der Waals surface area (Å²) >= 11 is 0. The number of quaternary nitrogens is 1. The topological polar surface area (TPSA) is 28.2 Å². The van der Waals surface area contributed by atoms with E-state index in [0.717, 1.165) is 25.1 Å².